The van der Waals surface area contributed by atoms with Gasteiger partial charge in [-0.2, -0.15) is 0 Å². The number of hydrogen-bond acceptors (Lipinski definition) is 4. The summed E-state index contributed by atoms with van der Waals surface area (Å²) in [7, 11) is 0. The van der Waals surface area contributed by atoms with Gasteiger partial charge in [0, 0.05) is 24.7 Å². The largest absolute Gasteiger partial charge is 0.481 e. The molecule has 6 nitrogen and oxygen atoms in total. The monoisotopic (exact) mass is 320 g/mol. The van der Waals surface area contributed by atoms with Gasteiger partial charge in [-0.15, -0.1) is 0 Å². The zero-order valence-electron chi connectivity index (χ0n) is 11.0. The first-order chi connectivity index (χ1) is 9.27. The van der Waals surface area contributed by atoms with Gasteiger partial charge in [0.1, 0.15) is 0 Å². The van der Waals surface area contributed by atoms with E-state index in [1.165, 1.54) is 12.1 Å². The highest BCUT2D eigenvalue weighted by atomic mass is 35.5. The van der Waals surface area contributed by atoms with Gasteiger partial charge in [-0.25, -0.2) is 0 Å². The molecule has 0 amide bonds. The Kier molecular flexibility index (Phi) is 5.59. The zero-order valence-corrected chi connectivity index (χ0v) is 12.5. The van der Waals surface area contributed by atoms with Crippen molar-refractivity contribution in [3.05, 3.63) is 32.3 Å². The molecule has 1 atom stereocenters. The van der Waals surface area contributed by atoms with Crippen LogP contribution in [-0.4, -0.2) is 28.6 Å². The fraction of sp³-hybridized carbons (Fsp3) is 0.417. The zero-order chi connectivity index (χ0) is 15.4. The van der Waals surface area contributed by atoms with E-state index >= 15 is 0 Å². The number of rotatable bonds is 6. The van der Waals surface area contributed by atoms with E-state index in [0.717, 1.165) is 0 Å². The highest BCUT2D eigenvalue weighted by Gasteiger charge is 2.23. The number of nitro benzene ring substituents is 1. The maximum atomic E-state index is 10.8. The van der Waals surface area contributed by atoms with Gasteiger partial charge < -0.3 is 10.0 Å². The van der Waals surface area contributed by atoms with Crippen LogP contribution in [0.3, 0.4) is 0 Å². The first-order valence-electron chi connectivity index (χ1n) is 5.89. The number of benzene rings is 1. The first kappa shape index (κ1) is 16.5. The van der Waals surface area contributed by atoms with Crippen molar-refractivity contribution in [3.63, 3.8) is 0 Å². The third-order valence-corrected chi connectivity index (χ3v) is 3.42. The number of non-ortho nitro benzene ring substituents is 1. The Labute approximate surface area is 126 Å². The standard InChI is InChI=1S/C12H14Cl2N2O4/c1-3-15(7(2)4-11(17)18)12-9(13)5-8(16(19)20)6-10(12)14/h5-7H,3-4H2,1-2H3,(H,17,18). The SMILES string of the molecule is CCN(c1c(Cl)cc([N+](=O)[O-])cc1Cl)C(C)CC(=O)O. The van der Waals surface area contributed by atoms with Crippen LogP contribution in [-0.2, 0) is 4.79 Å². The fourth-order valence-corrected chi connectivity index (χ4v) is 2.68. The molecule has 0 aliphatic heterocycles. The highest BCUT2D eigenvalue weighted by molar-refractivity contribution is 6.39. The van der Waals surface area contributed by atoms with Crippen molar-refractivity contribution in [1.82, 2.24) is 0 Å². The van der Waals surface area contributed by atoms with Crippen molar-refractivity contribution in [2.75, 3.05) is 11.4 Å². The van der Waals surface area contributed by atoms with Crippen LogP contribution in [0.4, 0.5) is 11.4 Å². The number of carbonyl (C=O) groups is 1. The lowest BCUT2D eigenvalue weighted by molar-refractivity contribution is -0.384. The lowest BCUT2D eigenvalue weighted by atomic mass is 10.1. The second-order valence-electron chi connectivity index (χ2n) is 4.25. The molecule has 8 heteroatoms. The average Bonchev–Trinajstić information content (AvgIpc) is 2.32. The van der Waals surface area contributed by atoms with Crippen LogP contribution in [0.25, 0.3) is 0 Å². The fourth-order valence-electron chi connectivity index (χ4n) is 1.99. The molecule has 0 aliphatic rings. The van der Waals surface area contributed by atoms with E-state index in [1.54, 1.807) is 11.8 Å². The van der Waals surface area contributed by atoms with Gasteiger partial charge in [-0.3, -0.25) is 14.9 Å². The molecule has 0 radical (unpaired) electrons. The average molecular weight is 321 g/mol. The van der Waals surface area contributed by atoms with Crippen LogP contribution < -0.4 is 4.90 Å². The van der Waals surface area contributed by atoms with Crippen molar-refractivity contribution in [1.29, 1.82) is 0 Å². The maximum absolute atomic E-state index is 10.8. The van der Waals surface area contributed by atoms with Crippen molar-refractivity contribution in [3.8, 4) is 0 Å². The summed E-state index contributed by atoms with van der Waals surface area (Å²) in [5.74, 6) is -0.940. The Morgan fingerprint density at radius 1 is 1.45 bits per heavy atom. The minimum absolute atomic E-state index is 0.0858. The maximum Gasteiger partial charge on any atom is 0.305 e. The number of hydrogen-bond donors (Lipinski definition) is 1. The van der Waals surface area contributed by atoms with E-state index in [2.05, 4.69) is 0 Å². The number of aliphatic carboxylic acids is 1. The summed E-state index contributed by atoms with van der Waals surface area (Å²) in [6, 6.07) is 2.08. The highest BCUT2D eigenvalue weighted by Crippen LogP contribution is 2.38. The molecule has 110 valence electrons. The molecule has 0 heterocycles. The quantitative estimate of drug-likeness (QED) is 0.639. The normalized spacial score (nSPS) is 12.0. The molecule has 1 aromatic carbocycles. The Bertz CT molecular complexity index is 513. The van der Waals surface area contributed by atoms with Crippen LogP contribution in [0.1, 0.15) is 20.3 Å². The third-order valence-electron chi connectivity index (χ3n) is 2.84. The number of nitrogens with zero attached hydrogens (tertiary/aromatic N) is 2. The molecule has 20 heavy (non-hydrogen) atoms. The van der Waals surface area contributed by atoms with Crippen LogP contribution in [0.2, 0.25) is 10.0 Å². The summed E-state index contributed by atoms with van der Waals surface area (Å²) in [5.41, 5.74) is 0.209. The van der Waals surface area contributed by atoms with Crippen LogP contribution >= 0.6 is 23.2 Å². The Morgan fingerprint density at radius 2 is 1.95 bits per heavy atom. The molecule has 0 bridgehead atoms. The topological polar surface area (TPSA) is 83.7 Å². The predicted molar refractivity (Wildman–Crippen MR) is 77.9 cm³/mol. The van der Waals surface area contributed by atoms with E-state index in [-0.39, 0.29) is 28.2 Å². The summed E-state index contributed by atoms with van der Waals surface area (Å²) in [6.45, 7) is 4.03. The van der Waals surface area contributed by atoms with E-state index in [4.69, 9.17) is 28.3 Å². The molecule has 1 unspecified atom stereocenters. The molecule has 0 saturated heterocycles. The second-order valence-corrected chi connectivity index (χ2v) is 5.06. The Hall–Kier alpha value is -1.53. The van der Waals surface area contributed by atoms with Gasteiger partial charge in [-0.05, 0) is 13.8 Å². The first-order valence-corrected chi connectivity index (χ1v) is 6.65. The molecule has 0 aliphatic carbocycles. The lowest BCUT2D eigenvalue weighted by Crippen LogP contribution is -2.35. The van der Waals surface area contributed by atoms with Crippen LogP contribution in [0.5, 0.6) is 0 Å². The summed E-state index contributed by atoms with van der Waals surface area (Å²) >= 11 is 12.1. The molecule has 1 aromatic rings. The minimum Gasteiger partial charge on any atom is -0.481 e. The van der Waals surface area contributed by atoms with E-state index in [1.807, 2.05) is 6.92 Å². The minimum atomic E-state index is -0.940. The van der Waals surface area contributed by atoms with Gasteiger partial charge in [0.25, 0.3) is 5.69 Å². The third kappa shape index (κ3) is 3.74. The summed E-state index contributed by atoms with van der Waals surface area (Å²) < 4.78 is 0. The molecular weight excluding hydrogens is 307 g/mol. The lowest BCUT2D eigenvalue weighted by Gasteiger charge is -2.30. The van der Waals surface area contributed by atoms with Crippen molar-refractivity contribution < 1.29 is 14.8 Å². The molecule has 0 aromatic heterocycles. The molecule has 0 spiro atoms. The van der Waals surface area contributed by atoms with Gasteiger partial charge in [0.15, 0.2) is 0 Å². The number of carboxylic acids is 1. The second kappa shape index (κ2) is 6.76. The Balaban J connectivity index is 3.22. The number of halogens is 2. The van der Waals surface area contributed by atoms with Gasteiger partial charge >= 0.3 is 5.97 Å². The Morgan fingerprint density at radius 3 is 2.30 bits per heavy atom. The number of carboxylic acid groups (broad SMARTS) is 1. The summed E-state index contributed by atoms with van der Waals surface area (Å²) in [6.07, 6.45) is -0.0858. The molecule has 1 N–H and O–H groups in total. The van der Waals surface area contributed by atoms with E-state index < -0.39 is 10.9 Å². The van der Waals surface area contributed by atoms with Crippen LogP contribution in [0, 0.1) is 10.1 Å². The van der Waals surface area contributed by atoms with Gasteiger partial charge in [0.2, 0.25) is 0 Å². The van der Waals surface area contributed by atoms with Crippen LogP contribution in [0.15, 0.2) is 12.1 Å². The number of anilines is 1. The molecule has 0 fully saturated rings. The van der Waals surface area contributed by atoms with Gasteiger partial charge in [-0.1, -0.05) is 23.2 Å². The number of nitro groups is 1. The smallest absolute Gasteiger partial charge is 0.305 e. The molecule has 0 saturated carbocycles. The predicted octanol–water partition coefficient (Wildman–Crippen LogP) is 3.59. The summed E-state index contributed by atoms with van der Waals surface area (Å²) in [4.78, 5) is 22.7. The molecular formula is C12H14Cl2N2O4. The van der Waals surface area contributed by atoms with Gasteiger partial charge in [0.05, 0.1) is 27.1 Å². The van der Waals surface area contributed by atoms with Crippen molar-refractivity contribution in [2.45, 2.75) is 26.3 Å². The van der Waals surface area contributed by atoms with E-state index in [0.29, 0.717) is 12.2 Å². The summed E-state index contributed by atoms with van der Waals surface area (Å²) in [5, 5.41) is 19.8. The van der Waals surface area contributed by atoms with Crippen molar-refractivity contribution >= 4 is 40.5 Å². The van der Waals surface area contributed by atoms with E-state index in [9.17, 15) is 14.9 Å². The van der Waals surface area contributed by atoms with Crippen molar-refractivity contribution in [2.24, 2.45) is 0 Å². The molecule has 1 rings (SSSR count).